The lowest BCUT2D eigenvalue weighted by atomic mass is 9.86. The highest BCUT2D eigenvalue weighted by Crippen LogP contribution is 2.24. The number of carboxylic acids is 1. The molecule has 19 heavy (non-hydrogen) atoms. The molecule has 104 valence electrons. The Labute approximate surface area is 110 Å². The summed E-state index contributed by atoms with van der Waals surface area (Å²) in [7, 11) is 0. The Bertz CT molecular complexity index is 424. The first-order valence-electron chi connectivity index (χ1n) is 6.32. The minimum absolute atomic E-state index is 0.0466. The molecule has 7 heteroatoms. The largest absolute Gasteiger partial charge is 0.481 e. The molecule has 0 aliphatic heterocycles. The molecule has 0 bridgehead atoms. The lowest BCUT2D eigenvalue weighted by Gasteiger charge is -2.26. The normalized spacial score (nSPS) is 22.7. The van der Waals surface area contributed by atoms with Gasteiger partial charge in [-0.3, -0.25) is 4.79 Å². The van der Waals surface area contributed by atoms with Crippen LogP contribution in [0.3, 0.4) is 0 Å². The standard InChI is InChI=1S/C12H17N3O4/c16-11(17)8-1-3-9(4-2-8)15-12(18)13-7-10-5-6-14-19-10/h5-6,8-9H,1-4,7H2,(H,16,17)(H2,13,15,18). The molecular formula is C12H17N3O4. The predicted octanol–water partition coefficient (Wildman–Crippen LogP) is 1.12. The Morgan fingerprint density at radius 1 is 1.37 bits per heavy atom. The van der Waals surface area contributed by atoms with Crippen LogP contribution in [-0.2, 0) is 11.3 Å². The van der Waals surface area contributed by atoms with E-state index in [0.717, 1.165) is 0 Å². The van der Waals surface area contributed by atoms with E-state index in [1.54, 1.807) is 6.07 Å². The molecule has 0 atom stereocenters. The summed E-state index contributed by atoms with van der Waals surface area (Å²) in [5.74, 6) is -0.423. The number of aliphatic carboxylic acids is 1. The molecule has 1 aliphatic carbocycles. The summed E-state index contributed by atoms with van der Waals surface area (Å²) < 4.78 is 4.86. The summed E-state index contributed by atoms with van der Waals surface area (Å²) in [5.41, 5.74) is 0. The fourth-order valence-corrected chi connectivity index (χ4v) is 2.22. The smallest absolute Gasteiger partial charge is 0.315 e. The van der Waals surface area contributed by atoms with E-state index < -0.39 is 5.97 Å². The highest BCUT2D eigenvalue weighted by atomic mass is 16.5. The molecular weight excluding hydrogens is 250 g/mol. The van der Waals surface area contributed by atoms with Crippen LogP contribution in [0.5, 0.6) is 0 Å². The summed E-state index contributed by atoms with van der Waals surface area (Å²) in [6, 6.07) is 1.46. The maximum atomic E-state index is 11.6. The molecule has 7 nitrogen and oxygen atoms in total. The van der Waals surface area contributed by atoms with Gasteiger partial charge in [-0.25, -0.2) is 4.79 Å². The molecule has 1 aromatic rings. The quantitative estimate of drug-likeness (QED) is 0.758. The zero-order chi connectivity index (χ0) is 13.7. The van der Waals surface area contributed by atoms with Gasteiger partial charge in [0.1, 0.15) is 0 Å². The molecule has 2 amide bonds. The van der Waals surface area contributed by atoms with Crippen molar-refractivity contribution in [3.63, 3.8) is 0 Å². The van der Waals surface area contributed by atoms with Gasteiger partial charge in [-0.05, 0) is 25.7 Å². The second-order valence-corrected chi connectivity index (χ2v) is 4.69. The van der Waals surface area contributed by atoms with Gasteiger partial charge in [-0.15, -0.1) is 0 Å². The van der Waals surface area contributed by atoms with E-state index in [0.29, 0.717) is 31.4 Å². The van der Waals surface area contributed by atoms with Crippen LogP contribution in [0, 0.1) is 5.92 Å². The first kappa shape index (κ1) is 13.4. The molecule has 2 rings (SSSR count). The Kier molecular flexibility index (Phi) is 4.38. The summed E-state index contributed by atoms with van der Waals surface area (Å²) in [6.07, 6.45) is 4.15. The number of aromatic nitrogens is 1. The highest BCUT2D eigenvalue weighted by molar-refractivity contribution is 5.74. The van der Waals surface area contributed by atoms with E-state index in [1.165, 1.54) is 6.20 Å². The molecule has 0 radical (unpaired) electrons. The Hall–Kier alpha value is -2.05. The topological polar surface area (TPSA) is 104 Å². The molecule has 1 saturated carbocycles. The average Bonchev–Trinajstić information content (AvgIpc) is 2.90. The maximum absolute atomic E-state index is 11.6. The van der Waals surface area contributed by atoms with Gasteiger partial charge in [0.15, 0.2) is 5.76 Å². The minimum atomic E-state index is -0.742. The molecule has 1 fully saturated rings. The van der Waals surface area contributed by atoms with Crippen molar-refractivity contribution in [1.82, 2.24) is 15.8 Å². The monoisotopic (exact) mass is 267 g/mol. The number of nitrogens with one attached hydrogen (secondary N) is 2. The van der Waals surface area contributed by atoms with Crippen LogP contribution in [0.25, 0.3) is 0 Å². The van der Waals surface area contributed by atoms with Gasteiger partial charge in [-0.1, -0.05) is 5.16 Å². The number of carbonyl (C=O) groups is 2. The van der Waals surface area contributed by atoms with Crippen molar-refractivity contribution in [1.29, 1.82) is 0 Å². The fraction of sp³-hybridized carbons (Fsp3) is 0.583. The van der Waals surface area contributed by atoms with Crippen LogP contribution in [0.4, 0.5) is 4.79 Å². The second-order valence-electron chi connectivity index (χ2n) is 4.69. The third kappa shape index (κ3) is 3.97. The van der Waals surface area contributed by atoms with Crippen molar-refractivity contribution < 1.29 is 19.2 Å². The molecule has 1 aliphatic rings. The summed E-state index contributed by atoms with van der Waals surface area (Å²) in [6.45, 7) is 0.288. The number of hydrogen-bond acceptors (Lipinski definition) is 4. The molecule has 1 heterocycles. The van der Waals surface area contributed by atoms with Crippen molar-refractivity contribution in [2.24, 2.45) is 5.92 Å². The lowest BCUT2D eigenvalue weighted by Crippen LogP contribution is -2.43. The summed E-state index contributed by atoms with van der Waals surface area (Å²) in [4.78, 5) is 22.4. The number of carbonyl (C=O) groups excluding carboxylic acids is 1. The average molecular weight is 267 g/mol. The zero-order valence-electron chi connectivity index (χ0n) is 10.5. The number of urea groups is 1. The van der Waals surface area contributed by atoms with Crippen LogP contribution in [0.2, 0.25) is 0 Å². The highest BCUT2D eigenvalue weighted by Gasteiger charge is 2.26. The molecule has 3 N–H and O–H groups in total. The predicted molar refractivity (Wildman–Crippen MR) is 65.3 cm³/mol. The van der Waals surface area contributed by atoms with Crippen LogP contribution >= 0.6 is 0 Å². The van der Waals surface area contributed by atoms with E-state index in [9.17, 15) is 9.59 Å². The minimum Gasteiger partial charge on any atom is -0.481 e. The number of nitrogens with zero attached hydrogens (tertiary/aromatic N) is 1. The van der Waals surface area contributed by atoms with Crippen molar-refractivity contribution in [2.45, 2.75) is 38.3 Å². The Morgan fingerprint density at radius 3 is 2.68 bits per heavy atom. The number of carboxylic acid groups (broad SMARTS) is 1. The molecule has 0 aromatic carbocycles. The fourth-order valence-electron chi connectivity index (χ4n) is 2.22. The van der Waals surface area contributed by atoms with Gasteiger partial charge in [0.05, 0.1) is 18.7 Å². The van der Waals surface area contributed by atoms with E-state index in [-0.39, 0.29) is 24.5 Å². The van der Waals surface area contributed by atoms with Crippen molar-refractivity contribution in [2.75, 3.05) is 0 Å². The van der Waals surface area contributed by atoms with E-state index >= 15 is 0 Å². The Balaban J connectivity index is 1.67. The summed E-state index contributed by atoms with van der Waals surface area (Å²) >= 11 is 0. The van der Waals surface area contributed by atoms with Crippen LogP contribution < -0.4 is 10.6 Å². The van der Waals surface area contributed by atoms with E-state index in [2.05, 4.69) is 15.8 Å². The molecule has 0 unspecified atom stereocenters. The molecule has 0 spiro atoms. The first-order chi connectivity index (χ1) is 9.15. The van der Waals surface area contributed by atoms with Gasteiger partial charge in [0.2, 0.25) is 0 Å². The maximum Gasteiger partial charge on any atom is 0.315 e. The van der Waals surface area contributed by atoms with Gasteiger partial charge >= 0.3 is 12.0 Å². The van der Waals surface area contributed by atoms with Crippen LogP contribution in [0.1, 0.15) is 31.4 Å². The van der Waals surface area contributed by atoms with Crippen LogP contribution in [0.15, 0.2) is 16.8 Å². The number of hydrogen-bond donors (Lipinski definition) is 3. The van der Waals surface area contributed by atoms with Gasteiger partial charge in [0.25, 0.3) is 0 Å². The molecule has 1 aromatic heterocycles. The van der Waals surface area contributed by atoms with Crippen LogP contribution in [-0.4, -0.2) is 28.3 Å². The van der Waals surface area contributed by atoms with Crippen molar-refractivity contribution in [3.05, 3.63) is 18.0 Å². The third-order valence-electron chi connectivity index (χ3n) is 3.33. The zero-order valence-corrected chi connectivity index (χ0v) is 10.5. The number of rotatable bonds is 4. The van der Waals surface area contributed by atoms with Gasteiger partial charge in [-0.2, -0.15) is 0 Å². The summed E-state index contributed by atoms with van der Waals surface area (Å²) in [5, 5.41) is 17.9. The third-order valence-corrected chi connectivity index (χ3v) is 3.33. The van der Waals surface area contributed by atoms with E-state index in [1.807, 2.05) is 0 Å². The van der Waals surface area contributed by atoms with Crippen molar-refractivity contribution in [3.8, 4) is 0 Å². The second kappa shape index (κ2) is 6.21. The Morgan fingerprint density at radius 2 is 2.11 bits per heavy atom. The number of amides is 2. The van der Waals surface area contributed by atoms with Gasteiger partial charge < -0.3 is 20.3 Å². The lowest BCUT2D eigenvalue weighted by molar-refractivity contribution is -0.142. The van der Waals surface area contributed by atoms with E-state index in [4.69, 9.17) is 9.63 Å². The molecule has 0 saturated heterocycles. The van der Waals surface area contributed by atoms with Gasteiger partial charge in [0, 0.05) is 12.1 Å². The van der Waals surface area contributed by atoms with Crippen molar-refractivity contribution >= 4 is 12.0 Å². The SMILES string of the molecule is O=C(NCc1ccno1)NC1CCC(C(=O)O)CC1. The first-order valence-corrected chi connectivity index (χ1v) is 6.32.